The first kappa shape index (κ1) is 31.0. The zero-order chi connectivity index (χ0) is 31.2. The van der Waals surface area contributed by atoms with Crippen molar-refractivity contribution < 1.29 is 14.3 Å². The number of carbonyl (C=O) groups is 2. The standard InChI is InChI=1S/C35H49N5O3/c1-23-9-12-26(13-10-23)37-29-25(19-24(2)11-14-28(36-7)39-29)15-16-33(6)21-34(22-33)20-27(34)38-30(41)35(17-18-35)40(8)31(42)43-32(3,4)5/h9-10,12,14,19,24,26-27,36H,11,13,17-18,20-22H2,1-8H3,(H,37,39)(H,38,41). The normalized spacial score (nSPS) is 33.2. The number of hydrogen-bond donors (Lipinski definition) is 3. The second-order valence-corrected chi connectivity index (χ2v) is 14.7. The van der Waals surface area contributed by atoms with Gasteiger partial charge in [0.1, 0.15) is 17.0 Å². The van der Waals surface area contributed by atoms with Crippen LogP contribution in [0.3, 0.4) is 0 Å². The van der Waals surface area contributed by atoms with Gasteiger partial charge in [-0.3, -0.25) is 14.7 Å². The Morgan fingerprint density at radius 2 is 1.91 bits per heavy atom. The van der Waals surface area contributed by atoms with Gasteiger partial charge in [0, 0.05) is 25.6 Å². The molecule has 1 aliphatic heterocycles. The average molecular weight is 588 g/mol. The van der Waals surface area contributed by atoms with Crippen molar-refractivity contribution in [2.45, 2.75) is 110 Å². The third kappa shape index (κ3) is 6.87. The maximum Gasteiger partial charge on any atom is 0.410 e. The lowest BCUT2D eigenvalue weighted by Gasteiger charge is -2.43. The monoisotopic (exact) mass is 587 g/mol. The van der Waals surface area contributed by atoms with Gasteiger partial charge in [-0.1, -0.05) is 48.6 Å². The molecule has 3 saturated carbocycles. The number of carbonyl (C=O) groups excluding carboxylic acids is 2. The van der Waals surface area contributed by atoms with Gasteiger partial charge in [-0.15, -0.1) is 0 Å². The predicted octanol–water partition coefficient (Wildman–Crippen LogP) is 5.35. The summed E-state index contributed by atoms with van der Waals surface area (Å²) in [4.78, 5) is 32.6. The number of amides is 2. The van der Waals surface area contributed by atoms with Crippen LogP contribution >= 0.6 is 0 Å². The molecule has 5 rings (SSSR count). The predicted molar refractivity (Wildman–Crippen MR) is 171 cm³/mol. The van der Waals surface area contributed by atoms with Crippen LogP contribution in [0.1, 0.15) is 86.5 Å². The van der Waals surface area contributed by atoms with Gasteiger partial charge in [0.05, 0.1) is 17.4 Å². The Bertz CT molecular complexity index is 1370. The molecule has 3 N–H and O–H groups in total. The van der Waals surface area contributed by atoms with Gasteiger partial charge in [-0.05, 0) is 97.0 Å². The number of likely N-dealkylation sites (N-methyl/N-ethyl adjacent to an activating group) is 1. The number of hydrogen-bond acceptors (Lipinski definition) is 5. The van der Waals surface area contributed by atoms with E-state index in [2.05, 4.69) is 78.9 Å². The molecule has 0 aromatic rings. The summed E-state index contributed by atoms with van der Waals surface area (Å²) in [5.41, 5.74) is 0.816. The SMILES string of the molecule is CNC1=CCC(C)C=C(C#CC2(C)CC3(CC3NC(=O)C3(N(C)C(=O)OC(C)(C)C)CC3)C2)C(=NC2C=CC(C)=CC2)N1. The number of ether oxygens (including phenoxy) is 1. The topological polar surface area (TPSA) is 95.1 Å². The summed E-state index contributed by atoms with van der Waals surface area (Å²) in [6, 6.07) is 0.212. The third-order valence-electron chi connectivity index (χ3n) is 9.41. The summed E-state index contributed by atoms with van der Waals surface area (Å²) >= 11 is 0. The molecule has 8 heteroatoms. The van der Waals surface area contributed by atoms with Crippen LogP contribution in [0.25, 0.3) is 0 Å². The van der Waals surface area contributed by atoms with Crippen molar-refractivity contribution in [1.29, 1.82) is 0 Å². The van der Waals surface area contributed by atoms with Crippen LogP contribution in [0, 0.1) is 28.6 Å². The lowest BCUT2D eigenvalue weighted by Crippen LogP contribution is -2.52. The van der Waals surface area contributed by atoms with Gasteiger partial charge in [-0.2, -0.15) is 0 Å². The fourth-order valence-corrected chi connectivity index (χ4v) is 6.71. The van der Waals surface area contributed by atoms with Crippen LogP contribution in [0.5, 0.6) is 0 Å². The summed E-state index contributed by atoms with van der Waals surface area (Å²) in [6.07, 6.45) is 16.5. The minimum Gasteiger partial charge on any atom is -0.444 e. The van der Waals surface area contributed by atoms with Gasteiger partial charge in [0.25, 0.3) is 0 Å². The van der Waals surface area contributed by atoms with Crippen LogP contribution in [0.4, 0.5) is 4.79 Å². The number of allylic oxidation sites excluding steroid dienone is 4. The molecule has 8 nitrogen and oxygen atoms in total. The Morgan fingerprint density at radius 1 is 1.19 bits per heavy atom. The van der Waals surface area contributed by atoms with E-state index in [-0.39, 0.29) is 28.8 Å². The van der Waals surface area contributed by atoms with E-state index >= 15 is 0 Å². The van der Waals surface area contributed by atoms with Crippen molar-refractivity contribution in [3.8, 4) is 11.8 Å². The van der Waals surface area contributed by atoms with Crippen molar-refractivity contribution in [2.75, 3.05) is 14.1 Å². The van der Waals surface area contributed by atoms with Crippen molar-refractivity contribution in [2.24, 2.45) is 21.7 Å². The highest BCUT2D eigenvalue weighted by atomic mass is 16.6. The molecule has 4 aliphatic carbocycles. The quantitative estimate of drug-likeness (QED) is 0.377. The Labute approximate surface area is 257 Å². The summed E-state index contributed by atoms with van der Waals surface area (Å²) in [7, 11) is 3.60. The number of rotatable bonds is 5. The fraction of sp³-hybridized carbons (Fsp3) is 0.629. The maximum atomic E-state index is 13.3. The Hall–Kier alpha value is -3.47. The van der Waals surface area contributed by atoms with Crippen molar-refractivity contribution >= 4 is 17.8 Å². The van der Waals surface area contributed by atoms with E-state index in [0.717, 1.165) is 49.3 Å². The van der Waals surface area contributed by atoms with Gasteiger partial charge < -0.3 is 20.7 Å². The van der Waals surface area contributed by atoms with Crippen LogP contribution in [-0.2, 0) is 9.53 Å². The molecular weight excluding hydrogens is 538 g/mol. The van der Waals surface area contributed by atoms with Crippen molar-refractivity contribution in [3.63, 3.8) is 0 Å². The maximum absolute atomic E-state index is 13.3. The van der Waals surface area contributed by atoms with Crippen LogP contribution in [0.2, 0.25) is 0 Å². The molecule has 0 bridgehead atoms. The molecule has 43 heavy (non-hydrogen) atoms. The molecule has 5 aliphatic rings. The highest BCUT2D eigenvalue weighted by molar-refractivity contribution is 6.03. The largest absolute Gasteiger partial charge is 0.444 e. The molecule has 3 unspecified atom stereocenters. The summed E-state index contributed by atoms with van der Waals surface area (Å²) < 4.78 is 5.52. The van der Waals surface area contributed by atoms with Crippen LogP contribution in [0.15, 0.2) is 52.3 Å². The summed E-state index contributed by atoms with van der Waals surface area (Å²) in [5.74, 6) is 9.18. The van der Waals surface area contributed by atoms with E-state index in [0.29, 0.717) is 18.8 Å². The molecule has 0 aromatic heterocycles. The molecule has 3 atom stereocenters. The Kier molecular flexibility index (Phi) is 8.09. The van der Waals surface area contributed by atoms with E-state index in [9.17, 15) is 9.59 Å². The van der Waals surface area contributed by atoms with Gasteiger partial charge in [0.15, 0.2) is 0 Å². The van der Waals surface area contributed by atoms with Crippen LogP contribution < -0.4 is 16.0 Å². The van der Waals surface area contributed by atoms with Crippen molar-refractivity contribution in [3.05, 3.63) is 47.3 Å². The fourth-order valence-electron chi connectivity index (χ4n) is 6.71. The minimum absolute atomic E-state index is 0.0572. The first-order valence-electron chi connectivity index (χ1n) is 15.8. The molecule has 232 valence electrons. The zero-order valence-electron chi connectivity index (χ0n) is 27.2. The van der Waals surface area contributed by atoms with Gasteiger partial charge in [0.2, 0.25) is 5.91 Å². The third-order valence-corrected chi connectivity index (χ3v) is 9.41. The van der Waals surface area contributed by atoms with E-state index in [4.69, 9.17) is 9.73 Å². The minimum atomic E-state index is -0.786. The Morgan fingerprint density at radius 3 is 2.51 bits per heavy atom. The second-order valence-electron chi connectivity index (χ2n) is 14.7. The number of nitrogens with one attached hydrogen (secondary N) is 3. The van der Waals surface area contributed by atoms with Crippen LogP contribution in [-0.4, -0.2) is 60.1 Å². The first-order chi connectivity index (χ1) is 20.2. The summed E-state index contributed by atoms with van der Waals surface area (Å²) in [5, 5.41) is 10.0. The number of nitrogens with zero attached hydrogens (tertiary/aromatic N) is 2. The highest BCUT2D eigenvalue weighted by Gasteiger charge is 2.67. The molecule has 2 amide bonds. The number of amidine groups is 1. The smallest absolute Gasteiger partial charge is 0.410 e. The molecule has 0 aromatic carbocycles. The molecular formula is C35H49N5O3. The van der Waals surface area contributed by atoms with E-state index in [1.54, 1.807) is 7.05 Å². The zero-order valence-corrected chi connectivity index (χ0v) is 27.2. The van der Waals surface area contributed by atoms with E-state index in [1.807, 2.05) is 27.8 Å². The lowest BCUT2D eigenvalue weighted by molar-refractivity contribution is -0.128. The molecule has 0 saturated heterocycles. The first-order valence-corrected chi connectivity index (χ1v) is 15.8. The average Bonchev–Trinajstić information content (AvgIpc) is 3.83. The highest BCUT2D eigenvalue weighted by Crippen LogP contribution is 2.68. The van der Waals surface area contributed by atoms with E-state index < -0.39 is 17.2 Å². The van der Waals surface area contributed by atoms with Gasteiger partial charge in [-0.25, -0.2) is 4.79 Å². The second kappa shape index (κ2) is 11.2. The molecule has 0 radical (unpaired) electrons. The molecule has 3 fully saturated rings. The van der Waals surface area contributed by atoms with Crippen molar-refractivity contribution in [1.82, 2.24) is 20.9 Å². The molecule has 1 heterocycles. The summed E-state index contributed by atoms with van der Waals surface area (Å²) in [6.45, 7) is 12.1. The number of aliphatic imine (C=N–C) groups is 1. The lowest BCUT2D eigenvalue weighted by atomic mass is 9.60. The molecule has 1 spiro atoms. The van der Waals surface area contributed by atoms with Gasteiger partial charge >= 0.3 is 6.09 Å². The Balaban J connectivity index is 1.24. The van der Waals surface area contributed by atoms with E-state index in [1.165, 1.54) is 10.5 Å².